The van der Waals surface area contributed by atoms with E-state index in [1.165, 1.54) is 16.3 Å². The van der Waals surface area contributed by atoms with Gasteiger partial charge in [-0.3, -0.25) is 0 Å². The Labute approximate surface area is 170 Å². The first kappa shape index (κ1) is 17.3. The molecular formula is C27H19NO. The van der Waals surface area contributed by atoms with Gasteiger partial charge in [0.2, 0.25) is 0 Å². The molecule has 138 valence electrons. The lowest BCUT2D eigenvalue weighted by molar-refractivity contribution is 0.227. The van der Waals surface area contributed by atoms with Crippen molar-refractivity contribution in [3.05, 3.63) is 119 Å². The fourth-order valence-electron chi connectivity index (χ4n) is 4.10. The van der Waals surface area contributed by atoms with Gasteiger partial charge in [-0.2, -0.15) is 5.26 Å². The minimum atomic E-state index is -0.126. The van der Waals surface area contributed by atoms with Crippen molar-refractivity contribution < 1.29 is 4.74 Å². The maximum atomic E-state index is 9.14. The van der Waals surface area contributed by atoms with Crippen molar-refractivity contribution >= 4 is 16.8 Å². The maximum absolute atomic E-state index is 9.14. The molecule has 2 nitrogen and oxygen atoms in total. The van der Waals surface area contributed by atoms with Crippen LogP contribution in [0, 0.1) is 11.3 Å². The molecule has 1 heterocycles. The van der Waals surface area contributed by atoms with Crippen molar-refractivity contribution in [2.45, 2.75) is 12.0 Å². The highest BCUT2D eigenvalue weighted by atomic mass is 16.5. The number of fused-ring (bicyclic) bond motifs is 3. The lowest BCUT2D eigenvalue weighted by atomic mass is 9.84. The molecule has 2 heteroatoms. The number of nitrogens with zero attached hydrogens (tertiary/aromatic N) is 1. The maximum Gasteiger partial charge on any atom is 0.128 e. The second-order valence-electron chi connectivity index (χ2n) is 7.26. The van der Waals surface area contributed by atoms with Gasteiger partial charge in [0.05, 0.1) is 11.6 Å². The van der Waals surface area contributed by atoms with Crippen LogP contribution in [0.5, 0.6) is 5.75 Å². The van der Waals surface area contributed by atoms with Gasteiger partial charge in [0.15, 0.2) is 0 Å². The van der Waals surface area contributed by atoms with Crippen LogP contribution in [0.2, 0.25) is 0 Å². The standard InChI is InChI=1S/C27H19NO/c28-18-19-10-12-22(13-11-19)27(21-7-2-1-3-8-21)26-17-15-24-23-9-5-4-6-20(23)14-16-25(24)29-26/h1-17,26-27H. The predicted molar refractivity (Wildman–Crippen MR) is 117 cm³/mol. The number of rotatable bonds is 3. The highest BCUT2D eigenvalue weighted by molar-refractivity contribution is 5.93. The summed E-state index contributed by atoms with van der Waals surface area (Å²) in [7, 11) is 0. The largest absolute Gasteiger partial charge is 0.485 e. The summed E-state index contributed by atoms with van der Waals surface area (Å²) in [6.07, 6.45) is 4.22. The topological polar surface area (TPSA) is 33.0 Å². The van der Waals surface area contributed by atoms with Crippen molar-refractivity contribution in [2.75, 3.05) is 0 Å². The number of benzene rings is 4. The Bertz CT molecular complexity index is 1230. The lowest BCUT2D eigenvalue weighted by Gasteiger charge is -2.30. The molecule has 29 heavy (non-hydrogen) atoms. The zero-order valence-corrected chi connectivity index (χ0v) is 15.8. The molecule has 0 fully saturated rings. The lowest BCUT2D eigenvalue weighted by Crippen LogP contribution is -2.26. The average Bonchev–Trinajstić information content (AvgIpc) is 2.80. The summed E-state index contributed by atoms with van der Waals surface area (Å²) in [5.74, 6) is 0.950. The van der Waals surface area contributed by atoms with Crippen LogP contribution in [0.25, 0.3) is 16.8 Å². The van der Waals surface area contributed by atoms with Crippen LogP contribution in [-0.4, -0.2) is 6.10 Å². The monoisotopic (exact) mass is 373 g/mol. The summed E-state index contributed by atoms with van der Waals surface area (Å²) in [6, 6.07) is 33.0. The zero-order valence-electron chi connectivity index (χ0n) is 15.8. The Hall–Kier alpha value is -3.83. The summed E-state index contributed by atoms with van der Waals surface area (Å²) in [5.41, 5.74) is 4.12. The zero-order chi connectivity index (χ0) is 19.6. The molecule has 0 saturated carbocycles. The van der Waals surface area contributed by atoms with Gasteiger partial charge < -0.3 is 4.74 Å². The van der Waals surface area contributed by atoms with Crippen molar-refractivity contribution in [2.24, 2.45) is 0 Å². The van der Waals surface area contributed by atoms with Crippen LogP contribution in [0.4, 0.5) is 0 Å². The second-order valence-corrected chi connectivity index (χ2v) is 7.26. The van der Waals surface area contributed by atoms with Gasteiger partial charge in [-0.25, -0.2) is 0 Å². The molecule has 1 aliphatic heterocycles. The second kappa shape index (κ2) is 7.30. The number of hydrogen-bond donors (Lipinski definition) is 0. The van der Waals surface area contributed by atoms with Crippen molar-refractivity contribution in [1.29, 1.82) is 5.26 Å². The van der Waals surface area contributed by atoms with Crippen LogP contribution in [0.1, 0.15) is 28.2 Å². The van der Waals surface area contributed by atoms with E-state index < -0.39 is 0 Å². The van der Waals surface area contributed by atoms with Crippen molar-refractivity contribution in [1.82, 2.24) is 0 Å². The van der Waals surface area contributed by atoms with Gasteiger partial charge in [-0.15, -0.1) is 0 Å². The molecule has 4 aromatic carbocycles. The highest BCUT2D eigenvalue weighted by Crippen LogP contribution is 2.38. The Morgan fingerprint density at radius 3 is 2.28 bits per heavy atom. The Balaban J connectivity index is 1.58. The van der Waals surface area contributed by atoms with E-state index in [2.05, 4.69) is 78.9 Å². The third-order valence-corrected chi connectivity index (χ3v) is 5.53. The van der Waals surface area contributed by atoms with E-state index in [4.69, 9.17) is 10.00 Å². The Morgan fingerprint density at radius 1 is 0.759 bits per heavy atom. The van der Waals surface area contributed by atoms with E-state index in [1.54, 1.807) is 0 Å². The van der Waals surface area contributed by atoms with E-state index in [0.717, 1.165) is 16.9 Å². The van der Waals surface area contributed by atoms with E-state index in [-0.39, 0.29) is 12.0 Å². The van der Waals surface area contributed by atoms with Crippen LogP contribution in [0.15, 0.2) is 97.1 Å². The summed E-state index contributed by atoms with van der Waals surface area (Å²) in [5, 5.41) is 11.6. The first-order valence-corrected chi connectivity index (χ1v) is 9.75. The SMILES string of the molecule is N#Cc1ccc(C(c2ccccc2)C2C=Cc3c(ccc4ccccc34)O2)cc1. The molecule has 0 spiro atoms. The van der Waals surface area contributed by atoms with Gasteiger partial charge in [0, 0.05) is 11.5 Å². The van der Waals surface area contributed by atoms with E-state index in [0.29, 0.717) is 5.56 Å². The van der Waals surface area contributed by atoms with Crippen LogP contribution in [0.3, 0.4) is 0 Å². The van der Waals surface area contributed by atoms with Crippen LogP contribution >= 0.6 is 0 Å². The third-order valence-electron chi connectivity index (χ3n) is 5.53. The van der Waals surface area contributed by atoms with E-state index in [9.17, 15) is 0 Å². The summed E-state index contributed by atoms with van der Waals surface area (Å²) >= 11 is 0. The minimum absolute atomic E-state index is 0.0415. The van der Waals surface area contributed by atoms with Gasteiger partial charge in [0.25, 0.3) is 0 Å². The molecule has 0 radical (unpaired) electrons. The number of nitriles is 1. The molecular weight excluding hydrogens is 354 g/mol. The quantitative estimate of drug-likeness (QED) is 0.421. The van der Waals surface area contributed by atoms with Crippen molar-refractivity contribution in [3.8, 4) is 11.8 Å². The number of hydrogen-bond acceptors (Lipinski definition) is 2. The van der Waals surface area contributed by atoms with Gasteiger partial charge in [-0.1, -0.05) is 78.9 Å². The third kappa shape index (κ3) is 3.17. The van der Waals surface area contributed by atoms with Crippen LogP contribution in [-0.2, 0) is 0 Å². The van der Waals surface area contributed by atoms with Gasteiger partial charge in [-0.05, 0) is 46.2 Å². The Morgan fingerprint density at radius 2 is 1.48 bits per heavy atom. The summed E-state index contributed by atoms with van der Waals surface area (Å²) in [4.78, 5) is 0. The van der Waals surface area contributed by atoms with E-state index >= 15 is 0 Å². The van der Waals surface area contributed by atoms with Gasteiger partial charge >= 0.3 is 0 Å². The highest BCUT2D eigenvalue weighted by Gasteiger charge is 2.28. The molecule has 0 aromatic heterocycles. The first-order chi connectivity index (χ1) is 14.3. The molecule has 0 amide bonds. The fourth-order valence-corrected chi connectivity index (χ4v) is 4.10. The number of ether oxygens (including phenoxy) is 1. The molecule has 4 aromatic rings. The molecule has 2 atom stereocenters. The molecule has 0 N–H and O–H groups in total. The van der Waals surface area contributed by atoms with Crippen LogP contribution < -0.4 is 4.74 Å². The normalized spacial score (nSPS) is 15.9. The van der Waals surface area contributed by atoms with Crippen molar-refractivity contribution in [3.63, 3.8) is 0 Å². The van der Waals surface area contributed by atoms with Gasteiger partial charge in [0.1, 0.15) is 11.9 Å². The average molecular weight is 373 g/mol. The first-order valence-electron chi connectivity index (χ1n) is 9.75. The predicted octanol–water partition coefficient (Wildman–Crippen LogP) is 6.32. The molecule has 1 aliphatic rings. The fraction of sp³-hybridized carbons (Fsp3) is 0.0741. The smallest absolute Gasteiger partial charge is 0.128 e. The Kier molecular flexibility index (Phi) is 4.35. The molecule has 0 bridgehead atoms. The molecule has 0 saturated heterocycles. The summed E-state index contributed by atoms with van der Waals surface area (Å²) in [6.45, 7) is 0. The molecule has 5 rings (SSSR count). The van der Waals surface area contributed by atoms with E-state index in [1.807, 2.05) is 30.3 Å². The molecule has 0 aliphatic carbocycles. The summed E-state index contributed by atoms with van der Waals surface area (Å²) < 4.78 is 6.52. The minimum Gasteiger partial charge on any atom is -0.485 e. The molecule has 2 unspecified atom stereocenters.